The van der Waals surface area contributed by atoms with E-state index in [1.54, 1.807) is 0 Å². The molecule has 0 radical (unpaired) electrons. The summed E-state index contributed by atoms with van der Waals surface area (Å²) in [6, 6.07) is 0. The number of hydrogen-bond donors (Lipinski definition) is 1. The molecule has 2 rings (SSSR count). The molecule has 1 aromatic rings. The van der Waals surface area contributed by atoms with Crippen LogP contribution in [-0.4, -0.2) is 21.3 Å². The fourth-order valence-corrected chi connectivity index (χ4v) is 2.21. The van der Waals surface area contributed by atoms with E-state index in [1.165, 1.54) is 18.7 Å². The zero-order valence-electron chi connectivity index (χ0n) is 12.2. The standard InChI is InChI=1S/C14H26N4/c1-11(14(2,3)4)9-15-10-13-17-16-12-7-5-6-8-18(12)13/h11,15H,5-10H2,1-4H3. The van der Waals surface area contributed by atoms with Crippen molar-refractivity contribution < 1.29 is 0 Å². The van der Waals surface area contributed by atoms with Gasteiger partial charge in [0.05, 0.1) is 6.54 Å². The van der Waals surface area contributed by atoms with Crippen molar-refractivity contribution in [2.75, 3.05) is 6.54 Å². The van der Waals surface area contributed by atoms with Crippen molar-refractivity contribution in [1.82, 2.24) is 20.1 Å². The van der Waals surface area contributed by atoms with E-state index in [0.717, 1.165) is 31.9 Å². The topological polar surface area (TPSA) is 42.7 Å². The molecule has 4 nitrogen and oxygen atoms in total. The summed E-state index contributed by atoms with van der Waals surface area (Å²) >= 11 is 0. The minimum atomic E-state index is 0.358. The summed E-state index contributed by atoms with van der Waals surface area (Å²) < 4.78 is 2.29. The minimum absolute atomic E-state index is 0.358. The highest BCUT2D eigenvalue weighted by Gasteiger charge is 2.20. The number of aryl methyl sites for hydroxylation is 1. The molecule has 0 saturated carbocycles. The number of nitrogens with one attached hydrogen (secondary N) is 1. The maximum atomic E-state index is 4.31. The van der Waals surface area contributed by atoms with Crippen molar-refractivity contribution in [3.05, 3.63) is 11.6 Å². The van der Waals surface area contributed by atoms with Crippen molar-refractivity contribution in [2.45, 2.75) is 60.0 Å². The first-order valence-corrected chi connectivity index (χ1v) is 7.10. The molecule has 0 saturated heterocycles. The molecule has 1 aliphatic rings. The van der Waals surface area contributed by atoms with Gasteiger partial charge in [0.1, 0.15) is 11.6 Å². The zero-order valence-corrected chi connectivity index (χ0v) is 12.2. The van der Waals surface area contributed by atoms with Crippen LogP contribution in [0.25, 0.3) is 0 Å². The Hall–Kier alpha value is -0.900. The highest BCUT2D eigenvalue weighted by Crippen LogP contribution is 2.24. The summed E-state index contributed by atoms with van der Waals surface area (Å²) in [5.74, 6) is 2.92. The van der Waals surface area contributed by atoms with Gasteiger partial charge in [0, 0.05) is 13.0 Å². The maximum absolute atomic E-state index is 4.31. The highest BCUT2D eigenvalue weighted by atomic mass is 15.3. The molecule has 0 aliphatic carbocycles. The van der Waals surface area contributed by atoms with Gasteiger partial charge in [-0.05, 0) is 30.7 Å². The number of rotatable bonds is 4. The van der Waals surface area contributed by atoms with E-state index in [4.69, 9.17) is 0 Å². The number of fused-ring (bicyclic) bond motifs is 1. The third-order valence-corrected chi connectivity index (χ3v) is 4.15. The van der Waals surface area contributed by atoms with Crippen molar-refractivity contribution in [2.24, 2.45) is 11.3 Å². The fourth-order valence-electron chi connectivity index (χ4n) is 2.21. The summed E-state index contributed by atoms with van der Waals surface area (Å²) in [4.78, 5) is 0. The lowest BCUT2D eigenvalue weighted by atomic mass is 9.82. The van der Waals surface area contributed by atoms with Gasteiger partial charge in [0.25, 0.3) is 0 Å². The molecule has 2 heterocycles. The molecule has 1 aromatic heterocycles. The van der Waals surface area contributed by atoms with Crippen LogP contribution in [0.5, 0.6) is 0 Å². The Labute approximate surface area is 110 Å². The molecule has 0 fully saturated rings. The molecule has 1 atom stereocenters. The van der Waals surface area contributed by atoms with Crippen LogP contribution >= 0.6 is 0 Å². The second-order valence-corrected chi connectivity index (χ2v) is 6.54. The van der Waals surface area contributed by atoms with E-state index in [2.05, 4.69) is 47.8 Å². The van der Waals surface area contributed by atoms with Gasteiger partial charge in [-0.3, -0.25) is 0 Å². The Morgan fingerprint density at radius 2 is 2.06 bits per heavy atom. The Morgan fingerprint density at radius 3 is 2.78 bits per heavy atom. The van der Waals surface area contributed by atoms with E-state index >= 15 is 0 Å². The van der Waals surface area contributed by atoms with Gasteiger partial charge in [0.2, 0.25) is 0 Å². The average molecular weight is 250 g/mol. The normalized spacial score (nSPS) is 17.6. The van der Waals surface area contributed by atoms with E-state index in [9.17, 15) is 0 Å². The average Bonchev–Trinajstić information content (AvgIpc) is 2.71. The predicted molar refractivity (Wildman–Crippen MR) is 73.3 cm³/mol. The van der Waals surface area contributed by atoms with Crippen LogP contribution in [0.3, 0.4) is 0 Å². The summed E-state index contributed by atoms with van der Waals surface area (Å²) in [7, 11) is 0. The van der Waals surface area contributed by atoms with Gasteiger partial charge in [-0.15, -0.1) is 10.2 Å². The molecular weight excluding hydrogens is 224 g/mol. The van der Waals surface area contributed by atoms with Crippen LogP contribution < -0.4 is 5.32 Å². The highest BCUT2D eigenvalue weighted by molar-refractivity contribution is 4.98. The summed E-state index contributed by atoms with van der Waals surface area (Å²) in [5, 5.41) is 12.1. The first kappa shape index (κ1) is 13.5. The molecule has 1 N–H and O–H groups in total. The molecule has 1 unspecified atom stereocenters. The molecular formula is C14H26N4. The molecule has 4 heteroatoms. The first-order valence-electron chi connectivity index (χ1n) is 7.10. The van der Waals surface area contributed by atoms with Crippen LogP contribution in [0.1, 0.15) is 52.2 Å². The minimum Gasteiger partial charge on any atom is -0.314 e. The largest absolute Gasteiger partial charge is 0.314 e. The summed E-state index contributed by atoms with van der Waals surface area (Å²) in [6.07, 6.45) is 3.61. The second-order valence-electron chi connectivity index (χ2n) is 6.54. The number of nitrogens with zero attached hydrogens (tertiary/aromatic N) is 3. The lowest BCUT2D eigenvalue weighted by Crippen LogP contribution is -2.30. The Balaban J connectivity index is 1.86. The van der Waals surface area contributed by atoms with Gasteiger partial charge in [-0.25, -0.2) is 0 Å². The SMILES string of the molecule is CC(CNCc1nnc2n1CCCC2)C(C)(C)C. The van der Waals surface area contributed by atoms with E-state index in [-0.39, 0.29) is 0 Å². The van der Waals surface area contributed by atoms with Gasteiger partial charge >= 0.3 is 0 Å². The molecule has 1 aliphatic heterocycles. The third-order valence-electron chi connectivity index (χ3n) is 4.15. The predicted octanol–water partition coefficient (Wildman–Crippen LogP) is 2.39. The van der Waals surface area contributed by atoms with Gasteiger partial charge in [0.15, 0.2) is 0 Å². The summed E-state index contributed by atoms with van der Waals surface area (Å²) in [5.41, 5.74) is 0.358. The Bertz CT molecular complexity index is 389. The number of aromatic nitrogens is 3. The molecule has 0 amide bonds. The van der Waals surface area contributed by atoms with Crippen molar-refractivity contribution in [3.63, 3.8) is 0 Å². The summed E-state index contributed by atoms with van der Waals surface area (Å²) in [6.45, 7) is 12.1. The van der Waals surface area contributed by atoms with Crippen LogP contribution in [0, 0.1) is 11.3 Å². The van der Waals surface area contributed by atoms with E-state index < -0.39 is 0 Å². The quantitative estimate of drug-likeness (QED) is 0.892. The van der Waals surface area contributed by atoms with Gasteiger partial charge in [-0.1, -0.05) is 27.7 Å². The lowest BCUT2D eigenvalue weighted by Gasteiger charge is -2.27. The monoisotopic (exact) mass is 250 g/mol. The smallest absolute Gasteiger partial charge is 0.147 e. The fraction of sp³-hybridized carbons (Fsp3) is 0.857. The molecule has 0 aromatic carbocycles. The van der Waals surface area contributed by atoms with Crippen LogP contribution in [0.15, 0.2) is 0 Å². The zero-order chi connectivity index (χ0) is 13.2. The van der Waals surface area contributed by atoms with E-state index in [0.29, 0.717) is 11.3 Å². The molecule has 0 bridgehead atoms. The van der Waals surface area contributed by atoms with Gasteiger partial charge in [-0.2, -0.15) is 0 Å². The Morgan fingerprint density at radius 1 is 1.28 bits per heavy atom. The second kappa shape index (κ2) is 5.39. The van der Waals surface area contributed by atoms with Crippen molar-refractivity contribution in [3.8, 4) is 0 Å². The molecule has 18 heavy (non-hydrogen) atoms. The van der Waals surface area contributed by atoms with Gasteiger partial charge < -0.3 is 9.88 Å². The van der Waals surface area contributed by atoms with Crippen molar-refractivity contribution in [1.29, 1.82) is 0 Å². The van der Waals surface area contributed by atoms with Crippen molar-refractivity contribution >= 4 is 0 Å². The van der Waals surface area contributed by atoms with E-state index in [1.807, 2.05) is 0 Å². The third kappa shape index (κ3) is 3.10. The lowest BCUT2D eigenvalue weighted by molar-refractivity contribution is 0.251. The van der Waals surface area contributed by atoms with Crippen LogP contribution in [0.4, 0.5) is 0 Å². The number of hydrogen-bond acceptors (Lipinski definition) is 3. The Kier molecular flexibility index (Phi) is 4.05. The van der Waals surface area contributed by atoms with Crippen LogP contribution in [-0.2, 0) is 19.5 Å². The first-order chi connectivity index (χ1) is 8.48. The molecule has 0 spiro atoms. The van der Waals surface area contributed by atoms with Crippen LogP contribution in [0.2, 0.25) is 0 Å². The maximum Gasteiger partial charge on any atom is 0.147 e. The molecule has 102 valence electrons.